The zero-order valence-electron chi connectivity index (χ0n) is 11.0. The molecule has 0 radical (unpaired) electrons. The van der Waals surface area contributed by atoms with Crippen LogP contribution in [0.3, 0.4) is 0 Å². The van der Waals surface area contributed by atoms with Crippen molar-refractivity contribution in [1.29, 1.82) is 0 Å². The molecule has 1 N–H and O–H groups in total. The summed E-state index contributed by atoms with van der Waals surface area (Å²) in [6.07, 6.45) is 3.16. The maximum absolute atomic E-state index is 3.98. The predicted octanol–water partition coefficient (Wildman–Crippen LogP) is 3.86. The number of benzene rings is 1. The Morgan fingerprint density at radius 1 is 1.29 bits per heavy atom. The van der Waals surface area contributed by atoms with Gasteiger partial charge in [-0.3, -0.25) is 0 Å². The molecule has 1 aromatic rings. The van der Waals surface area contributed by atoms with Crippen LogP contribution in [0.15, 0.2) is 54.3 Å². The highest BCUT2D eigenvalue weighted by Gasteiger charge is 2.38. The first-order chi connectivity index (χ1) is 8.10. The molecule has 2 rings (SSSR count). The molecule has 1 aromatic carbocycles. The number of allylic oxidation sites excluding steroid dienone is 3. The van der Waals surface area contributed by atoms with E-state index in [0.29, 0.717) is 5.92 Å². The summed E-state index contributed by atoms with van der Waals surface area (Å²) in [5, 5.41) is 3.36. The average molecular weight is 227 g/mol. The van der Waals surface area contributed by atoms with Crippen molar-refractivity contribution in [2.75, 3.05) is 7.05 Å². The second kappa shape index (κ2) is 4.40. The molecule has 90 valence electrons. The van der Waals surface area contributed by atoms with Crippen LogP contribution in [0, 0.1) is 5.41 Å². The SMILES string of the molecule is C=CC1=C(NC)C(C)(C)CC1c1ccccc1. The number of hydrogen-bond donors (Lipinski definition) is 1. The highest BCUT2D eigenvalue weighted by molar-refractivity contribution is 5.43. The Kier molecular flexibility index (Phi) is 3.10. The molecule has 0 saturated heterocycles. The first-order valence-corrected chi connectivity index (χ1v) is 6.20. The normalized spacial score (nSPS) is 22.6. The van der Waals surface area contributed by atoms with E-state index >= 15 is 0 Å². The summed E-state index contributed by atoms with van der Waals surface area (Å²) in [6, 6.07) is 10.7. The summed E-state index contributed by atoms with van der Waals surface area (Å²) >= 11 is 0. The van der Waals surface area contributed by atoms with Crippen LogP contribution in [0.1, 0.15) is 31.7 Å². The van der Waals surface area contributed by atoms with E-state index in [2.05, 4.69) is 56.1 Å². The quantitative estimate of drug-likeness (QED) is 0.826. The van der Waals surface area contributed by atoms with Gasteiger partial charge < -0.3 is 5.32 Å². The third kappa shape index (κ3) is 2.02. The Labute approximate surface area is 104 Å². The largest absolute Gasteiger partial charge is 0.391 e. The van der Waals surface area contributed by atoms with Gasteiger partial charge in [-0.05, 0) is 17.6 Å². The molecule has 1 atom stereocenters. The summed E-state index contributed by atoms with van der Waals surface area (Å²) in [4.78, 5) is 0. The van der Waals surface area contributed by atoms with Crippen molar-refractivity contribution in [1.82, 2.24) is 5.32 Å². The lowest BCUT2D eigenvalue weighted by molar-refractivity contribution is 0.406. The third-order valence-electron chi connectivity index (χ3n) is 3.73. The minimum atomic E-state index is 0.207. The summed E-state index contributed by atoms with van der Waals surface area (Å²) in [7, 11) is 2.01. The van der Waals surface area contributed by atoms with Crippen LogP contribution in [0.4, 0.5) is 0 Å². The zero-order valence-corrected chi connectivity index (χ0v) is 11.0. The van der Waals surface area contributed by atoms with Gasteiger partial charge >= 0.3 is 0 Å². The van der Waals surface area contributed by atoms with Gasteiger partial charge in [0, 0.05) is 24.1 Å². The van der Waals surface area contributed by atoms with Gasteiger partial charge in [-0.25, -0.2) is 0 Å². The maximum Gasteiger partial charge on any atom is 0.0200 e. The van der Waals surface area contributed by atoms with Crippen LogP contribution >= 0.6 is 0 Å². The summed E-state index contributed by atoms with van der Waals surface area (Å²) < 4.78 is 0. The molecule has 0 bridgehead atoms. The minimum Gasteiger partial charge on any atom is -0.391 e. The van der Waals surface area contributed by atoms with Crippen molar-refractivity contribution in [3.8, 4) is 0 Å². The first kappa shape index (κ1) is 12.0. The van der Waals surface area contributed by atoms with E-state index < -0.39 is 0 Å². The Morgan fingerprint density at radius 3 is 2.47 bits per heavy atom. The molecule has 1 nitrogen and oxygen atoms in total. The summed E-state index contributed by atoms with van der Waals surface area (Å²) in [6.45, 7) is 8.58. The lowest BCUT2D eigenvalue weighted by Gasteiger charge is -2.22. The van der Waals surface area contributed by atoms with Crippen LogP contribution in [0.25, 0.3) is 0 Å². The van der Waals surface area contributed by atoms with Crippen molar-refractivity contribution in [3.63, 3.8) is 0 Å². The molecule has 0 heterocycles. The van der Waals surface area contributed by atoms with Crippen molar-refractivity contribution < 1.29 is 0 Å². The molecule has 17 heavy (non-hydrogen) atoms. The van der Waals surface area contributed by atoms with Crippen LogP contribution < -0.4 is 5.32 Å². The van der Waals surface area contributed by atoms with Crippen molar-refractivity contribution in [3.05, 3.63) is 59.8 Å². The van der Waals surface area contributed by atoms with Gasteiger partial charge in [0.2, 0.25) is 0 Å². The minimum absolute atomic E-state index is 0.207. The highest BCUT2D eigenvalue weighted by atomic mass is 14.9. The van der Waals surface area contributed by atoms with Gasteiger partial charge in [-0.1, -0.05) is 56.8 Å². The first-order valence-electron chi connectivity index (χ1n) is 6.20. The van der Waals surface area contributed by atoms with E-state index in [9.17, 15) is 0 Å². The van der Waals surface area contributed by atoms with Crippen LogP contribution in [0.5, 0.6) is 0 Å². The topological polar surface area (TPSA) is 12.0 Å². The molecule has 0 fully saturated rings. The number of nitrogens with one attached hydrogen (secondary N) is 1. The molecule has 0 amide bonds. The molecule has 1 aliphatic rings. The highest BCUT2D eigenvalue weighted by Crippen LogP contribution is 2.49. The van der Waals surface area contributed by atoms with Crippen LogP contribution in [0.2, 0.25) is 0 Å². The fraction of sp³-hybridized carbons (Fsp3) is 0.375. The van der Waals surface area contributed by atoms with Crippen molar-refractivity contribution in [2.24, 2.45) is 5.41 Å². The summed E-state index contributed by atoms with van der Waals surface area (Å²) in [5.41, 5.74) is 4.28. The van der Waals surface area contributed by atoms with Crippen molar-refractivity contribution >= 4 is 0 Å². The second-order valence-electron chi connectivity index (χ2n) is 5.34. The lowest BCUT2D eigenvalue weighted by atomic mass is 9.85. The van der Waals surface area contributed by atoms with E-state index in [1.807, 2.05) is 13.1 Å². The number of hydrogen-bond acceptors (Lipinski definition) is 1. The Balaban J connectivity index is 2.46. The van der Waals surface area contributed by atoms with Gasteiger partial charge in [-0.2, -0.15) is 0 Å². The molecule has 0 saturated carbocycles. The monoisotopic (exact) mass is 227 g/mol. The summed E-state index contributed by atoms with van der Waals surface area (Å²) in [5.74, 6) is 0.478. The fourth-order valence-electron chi connectivity index (χ4n) is 3.00. The molecule has 0 aliphatic heterocycles. The van der Waals surface area contributed by atoms with Crippen molar-refractivity contribution in [2.45, 2.75) is 26.2 Å². The van der Waals surface area contributed by atoms with Gasteiger partial charge in [0.05, 0.1) is 0 Å². The molecule has 0 aromatic heterocycles. The molecule has 1 heteroatoms. The van der Waals surface area contributed by atoms with E-state index in [1.165, 1.54) is 16.8 Å². The molecular formula is C16H21N. The Hall–Kier alpha value is -1.50. The molecule has 1 aliphatic carbocycles. The lowest BCUT2D eigenvalue weighted by Crippen LogP contribution is -2.20. The van der Waals surface area contributed by atoms with Crippen LogP contribution in [-0.2, 0) is 0 Å². The Bertz CT molecular complexity index is 440. The van der Waals surface area contributed by atoms with E-state index in [4.69, 9.17) is 0 Å². The maximum atomic E-state index is 3.98. The van der Waals surface area contributed by atoms with Gasteiger partial charge in [0.1, 0.15) is 0 Å². The standard InChI is InChI=1S/C16H21N/c1-5-13-14(12-9-7-6-8-10-12)11-16(2,3)15(13)17-4/h5-10,14,17H,1,11H2,2-4H3. The van der Waals surface area contributed by atoms with E-state index in [0.717, 1.165) is 6.42 Å². The molecule has 0 spiro atoms. The fourth-order valence-corrected chi connectivity index (χ4v) is 3.00. The third-order valence-corrected chi connectivity index (χ3v) is 3.73. The second-order valence-corrected chi connectivity index (χ2v) is 5.34. The van der Waals surface area contributed by atoms with Gasteiger partial charge in [0.25, 0.3) is 0 Å². The predicted molar refractivity (Wildman–Crippen MR) is 73.9 cm³/mol. The zero-order chi connectivity index (χ0) is 12.5. The average Bonchev–Trinajstić information content (AvgIpc) is 2.60. The molecular weight excluding hydrogens is 206 g/mol. The van der Waals surface area contributed by atoms with Gasteiger partial charge in [0.15, 0.2) is 0 Å². The smallest absolute Gasteiger partial charge is 0.0200 e. The molecule has 1 unspecified atom stereocenters. The van der Waals surface area contributed by atoms with E-state index in [1.54, 1.807) is 0 Å². The number of rotatable bonds is 3. The Morgan fingerprint density at radius 2 is 1.94 bits per heavy atom. The van der Waals surface area contributed by atoms with Gasteiger partial charge in [-0.15, -0.1) is 0 Å². The van der Waals surface area contributed by atoms with E-state index in [-0.39, 0.29) is 5.41 Å². The van der Waals surface area contributed by atoms with Crippen LogP contribution in [-0.4, -0.2) is 7.05 Å².